The van der Waals surface area contributed by atoms with E-state index in [1.807, 2.05) is 20.0 Å². The number of nitrogens with zero attached hydrogens (tertiary/aromatic N) is 2. The van der Waals surface area contributed by atoms with Crippen LogP contribution < -0.4 is 5.32 Å². The predicted molar refractivity (Wildman–Crippen MR) is 54.0 cm³/mol. The van der Waals surface area contributed by atoms with Gasteiger partial charge in [0.05, 0.1) is 6.20 Å². The molecule has 3 N–H and O–H groups in total. The van der Waals surface area contributed by atoms with Gasteiger partial charge in [-0.25, -0.2) is 4.98 Å². The van der Waals surface area contributed by atoms with E-state index in [-0.39, 0.29) is 0 Å². The van der Waals surface area contributed by atoms with E-state index in [4.69, 9.17) is 0 Å². The van der Waals surface area contributed by atoms with Crippen LogP contribution in [0.5, 0.6) is 0 Å². The van der Waals surface area contributed by atoms with Crippen molar-refractivity contribution in [2.75, 3.05) is 5.32 Å². The predicted octanol–water partition coefficient (Wildman–Crippen LogP) is 1.36. The zero-order chi connectivity index (χ0) is 9.97. The number of aromatic nitrogens is 4. The molecule has 0 amide bonds. The molecule has 2 aromatic rings. The van der Waals surface area contributed by atoms with Crippen LogP contribution in [0.4, 0.5) is 5.95 Å². The normalized spacial score (nSPS) is 10.4. The van der Waals surface area contributed by atoms with Gasteiger partial charge >= 0.3 is 0 Å². The quantitative estimate of drug-likeness (QED) is 0.686. The largest absolute Gasteiger partial charge is 0.352 e. The van der Waals surface area contributed by atoms with E-state index in [1.54, 1.807) is 6.20 Å². The summed E-state index contributed by atoms with van der Waals surface area (Å²) >= 11 is 0. The molecule has 0 radical (unpaired) electrons. The second kappa shape index (κ2) is 3.53. The van der Waals surface area contributed by atoms with Crippen molar-refractivity contribution in [1.82, 2.24) is 20.2 Å². The third-order valence-electron chi connectivity index (χ3n) is 2.08. The molecule has 0 unspecified atom stereocenters. The fourth-order valence-electron chi connectivity index (χ4n) is 1.24. The number of rotatable bonds is 3. The summed E-state index contributed by atoms with van der Waals surface area (Å²) in [5.74, 6) is 0.795. The molecule has 5 heteroatoms. The Morgan fingerprint density at radius 1 is 1.36 bits per heavy atom. The van der Waals surface area contributed by atoms with Crippen LogP contribution in [0.3, 0.4) is 0 Å². The Morgan fingerprint density at radius 3 is 2.79 bits per heavy atom. The van der Waals surface area contributed by atoms with Crippen molar-refractivity contribution >= 4 is 5.95 Å². The van der Waals surface area contributed by atoms with Crippen LogP contribution in [-0.4, -0.2) is 20.2 Å². The Kier molecular flexibility index (Phi) is 2.22. The van der Waals surface area contributed by atoms with Gasteiger partial charge in [-0.05, 0) is 13.8 Å². The minimum atomic E-state index is 0.731. The van der Waals surface area contributed by atoms with Crippen LogP contribution in [-0.2, 0) is 6.54 Å². The van der Waals surface area contributed by atoms with Gasteiger partial charge in [-0.1, -0.05) is 0 Å². The molecule has 2 rings (SSSR count). The fraction of sp³-hybridized carbons (Fsp3) is 0.333. The summed E-state index contributed by atoms with van der Waals surface area (Å²) in [6.45, 7) is 4.70. The maximum absolute atomic E-state index is 4.15. The smallest absolute Gasteiger partial charge is 0.200 e. The molecular formula is C9H13N5. The molecule has 0 saturated carbocycles. The van der Waals surface area contributed by atoms with Crippen molar-refractivity contribution < 1.29 is 0 Å². The van der Waals surface area contributed by atoms with Crippen molar-refractivity contribution in [2.45, 2.75) is 20.4 Å². The van der Waals surface area contributed by atoms with Gasteiger partial charge in [0.2, 0.25) is 5.95 Å². The maximum atomic E-state index is 4.15. The minimum Gasteiger partial charge on any atom is -0.352 e. The number of aryl methyl sites for hydroxylation is 2. The highest BCUT2D eigenvalue weighted by molar-refractivity contribution is 5.28. The first-order valence-electron chi connectivity index (χ1n) is 4.50. The van der Waals surface area contributed by atoms with E-state index in [2.05, 4.69) is 25.5 Å². The number of hydrogen-bond donors (Lipinski definition) is 3. The molecule has 0 aromatic carbocycles. The summed E-state index contributed by atoms with van der Waals surface area (Å²) in [6, 6.07) is 0. The van der Waals surface area contributed by atoms with Gasteiger partial charge in [-0.15, -0.1) is 0 Å². The summed E-state index contributed by atoms with van der Waals surface area (Å²) in [6.07, 6.45) is 3.61. The van der Waals surface area contributed by atoms with Gasteiger partial charge in [0.15, 0.2) is 0 Å². The summed E-state index contributed by atoms with van der Waals surface area (Å²) in [5.41, 5.74) is 3.29. The third kappa shape index (κ3) is 1.76. The van der Waals surface area contributed by atoms with Crippen LogP contribution in [0.15, 0.2) is 12.4 Å². The molecule has 0 saturated heterocycles. The van der Waals surface area contributed by atoms with Crippen molar-refractivity contribution in [3.05, 3.63) is 29.3 Å². The molecule has 14 heavy (non-hydrogen) atoms. The summed E-state index contributed by atoms with van der Waals surface area (Å²) in [4.78, 5) is 7.25. The van der Waals surface area contributed by atoms with E-state index >= 15 is 0 Å². The molecule has 2 aromatic heterocycles. The molecular weight excluding hydrogens is 178 g/mol. The number of anilines is 1. The highest BCUT2D eigenvalue weighted by Gasteiger charge is 2.01. The van der Waals surface area contributed by atoms with Gasteiger partial charge < -0.3 is 10.3 Å². The Hall–Kier alpha value is -1.78. The molecule has 0 spiro atoms. The summed E-state index contributed by atoms with van der Waals surface area (Å²) in [7, 11) is 0. The lowest BCUT2D eigenvalue weighted by molar-refractivity contribution is 1.03. The number of hydrogen-bond acceptors (Lipinski definition) is 3. The number of aromatic amines is 2. The Balaban J connectivity index is 1.98. The monoisotopic (exact) mass is 191 g/mol. The summed E-state index contributed by atoms with van der Waals surface area (Å²) in [5, 5.41) is 10.0. The third-order valence-corrected chi connectivity index (χ3v) is 2.08. The maximum Gasteiger partial charge on any atom is 0.200 e. The van der Waals surface area contributed by atoms with Gasteiger partial charge in [-0.2, -0.15) is 5.10 Å². The summed E-state index contributed by atoms with van der Waals surface area (Å²) < 4.78 is 0. The lowest BCUT2D eigenvalue weighted by atomic mass is 10.3. The average molecular weight is 191 g/mol. The van der Waals surface area contributed by atoms with Crippen LogP contribution in [0.1, 0.15) is 17.0 Å². The second-order valence-corrected chi connectivity index (χ2v) is 3.29. The molecule has 5 nitrogen and oxygen atoms in total. The SMILES string of the molecule is Cc1cnc(NCc2cn[nH]c2C)[nH]1. The minimum absolute atomic E-state index is 0.731. The van der Waals surface area contributed by atoms with E-state index in [9.17, 15) is 0 Å². The van der Waals surface area contributed by atoms with Crippen LogP contribution >= 0.6 is 0 Å². The number of imidazole rings is 1. The Bertz CT molecular complexity index is 414. The van der Waals surface area contributed by atoms with Gasteiger partial charge in [0.1, 0.15) is 0 Å². The van der Waals surface area contributed by atoms with Gasteiger partial charge in [-0.3, -0.25) is 5.10 Å². The Labute approximate surface area is 82.0 Å². The lowest BCUT2D eigenvalue weighted by Gasteiger charge is -2.00. The van der Waals surface area contributed by atoms with Crippen molar-refractivity contribution in [3.8, 4) is 0 Å². The molecule has 0 aliphatic heterocycles. The topological polar surface area (TPSA) is 69.4 Å². The number of nitrogens with one attached hydrogen (secondary N) is 3. The molecule has 0 atom stereocenters. The molecule has 0 fully saturated rings. The van der Waals surface area contributed by atoms with Gasteiger partial charge in [0, 0.05) is 29.7 Å². The fourth-order valence-corrected chi connectivity index (χ4v) is 1.24. The molecule has 0 aliphatic carbocycles. The lowest BCUT2D eigenvalue weighted by Crippen LogP contribution is -2.01. The first-order chi connectivity index (χ1) is 6.75. The zero-order valence-corrected chi connectivity index (χ0v) is 8.26. The average Bonchev–Trinajstić information content (AvgIpc) is 2.72. The van der Waals surface area contributed by atoms with Crippen LogP contribution in [0.2, 0.25) is 0 Å². The van der Waals surface area contributed by atoms with Crippen LogP contribution in [0.25, 0.3) is 0 Å². The highest BCUT2D eigenvalue weighted by Crippen LogP contribution is 2.06. The van der Waals surface area contributed by atoms with Crippen molar-refractivity contribution in [3.63, 3.8) is 0 Å². The van der Waals surface area contributed by atoms with Gasteiger partial charge in [0.25, 0.3) is 0 Å². The number of H-pyrrole nitrogens is 2. The highest BCUT2D eigenvalue weighted by atomic mass is 15.1. The van der Waals surface area contributed by atoms with Crippen molar-refractivity contribution in [2.24, 2.45) is 0 Å². The molecule has 2 heterocycles. The van der Waals surface area contributed by atoms with E-state index in [0.717, 1.165) is 29.4 Å². The van der Waals surface area contributed by atoms with E-state index < -0.39 is 0 Å². The first kappa shape index (κ1) is 8.80. The van der Waals surface area contributed by atoms with Crippen molar-refractivity contribution in [1.29, 1.82) is 0 Å². The first-order valence-corrected chi connectivity index (χ1v) is 4.50. The second-order valence-electron chi connectivity index (χ2n) is 3.29. The standard InChI is InChI=1S/C9H13N5/c1-6-3-10-9(13-6)11-4-8-5-12-14-7(8)2/h3,5H,4H2,1-2H3,(H,12,14)(H2,10,11,13). The zero-order valence-electron chi connectivity index (χ0n) is 8.26. The van der Waals surface area contributed by atoms with E-state index in [1.165, 1.54) is 0 Å². The van der Waals surface area contributed by atoms with Crippen LogP contribution in [0, 0.1) is 13.8 Å². The Morgan fingerprint density at radius 2 is 2.21 bits per heavy atom. The molecule has 0 bridgehead atoms. The molecule has 74 valence electrons. The van der Waals surface area contributed by atoms with E-state index in [0.29, 0.717) is 0 Å². The molecule has 0 aliphatic rings.